The molecule has 0 saturated carbocycles. The molecule has 0 fully saturated rings. The Labute approximate surface area is 81.8 Å². The number of rotatable bonds is 2. The molecule has 1 N–H and O–H groups in total. The van der Waals surface area contributed by atoms with Crippen molar-refractivity contribution >= 4 is 5.82 Å². The summed E-state index contributed by atoms with van der Waals surface area (Å²) in [6, 6.07) is 5.67. The lowest BCUT2D eigenvalue weighted by Gasteiger charge is -1.97. The molecule has 0 spiro atoms. The zero-order chi connectivity index (χ0) is 9.97. The molecule has 5 nitrogen and oxygen atoms in total. The lowest BCUT2D eigenvalue weighted by atomic mass is 10.3. The minimum atomic E-state index is 0.754. The molecular weight excluding hydrogens is 178 g/mol. The third kappa shape index (κ3) is 1.56. The summed E-state index contributed by atoms with van der Waals surface area (Å²) >= 11 is 0. The van der Waals surface area contributed by atoms with Crippen LogP contribution in [-0.2, 0) is 7.05 Å². The predicted molar refractivity (Wildman–Crippen MR) is 53.8 cm³/mol. The first-order chi connectivity index (χ1) is 6.79. The molecule has 0 aromatic carbocycles. The van der Waals surface area contributed by atoms with E-state index in [1.807, 2.05) is 38.5 Å². The molecule has 0 unspecified atom stereocenters. The lowest BCUT2D eigenvalue weighted by molar-refractivity contribution is 0.769. The van der Waals surface area contributed by atoms with Gasteiger partial charge in [-0.1, -0.05) is 0 Å². The highest BCUT2D eigenvalue weighted by Gasteiger charge is 2.02. The Hall–Kier alpha value is -1.91. The first kappa shape index (κ1) is 8.68. The number of aromatic nitrogens is 4. The van der Waals surface area contributed by atoms with Gasteiger partial charge in [0.2, 0.25) is 0 Å². The minimum Gasteiger partial charge on any atom is -0.372 e. The van der Waals surface area contributed by atoms with E-state index in [1.54, 1.807) is 4.68 Å². The van der Waals surface area contributed by atoms with Crippen molar-refractivity contribution in [3.8, 4) is 11.4 Å². The van der Waals surface area contributed by atoms with Gasteiger partial charge in [-0.05, 0) is 18.2 Å². The molecule has 72 valence electrons. The zero-order valence-electron chi connectivity index (χ0n) is 8.10. The Morgan fingerprint density at radius 2 is 2.00 bits per heavy atom. The van der Waals surface area contributed by atoms with Gasteiger partial charge in [0.1, 0.15) is 17.2 Å². The van der Waals surface area contributed by atoms with Crippen LogP contribution < -0.4 is 5.32 Å². The minimum absolute atomic E-state index is 0.754. The van der Waals surface area contributed by atoms with E-state index in [9.17, 15) is 0 Å². The van der Waals surface area contributed by atoms with Gasteiger partial charge in [-0.3, -0.25) is 4.68 Å². The SMILES string of the molecule is CNc1ccc(-c2ccn(C)n2)nn1. The van der Waals surface area contributed by atoms with E-state index >= 15 is 0 Å². The Morgan fingerprint density at radius 1 is 1.14 bits per heavy atom. The third-order valence-electron chi connectivity index (χ3n) is 1.90. The Kier molecular flexibility index (Phi) is 2.14. The van der Waals surface area contributed by atoms with E-state index < -0.39 is 0 Å². The van der Waals surface area contributed by atoms with Crippen LogP contribution in [0.2, 0.25) is 0 Å². The summed E-state index contributed by atoms with van der Waals surface area (Å²) in [7, 11) is 3.68. The quantitative estimate of drug-likeness (QED) is 0.763. The van der Waals surface area contributed by atoms with E-state index in [0.717, 1.165) is 17.2 Å². The van der Waals surface area contributed by atoms with Crippen LogP contribution in [0, 0.1) is 0 Å². The van der Waals surface area contributed by atoms with E-state index in [-0.39, 0.29) is 0 Å². The average molecular weight is 189 g/mol. The van der Waals surface area contributed by atoms with Crippen molar-refractivity contribution in [2.24, 2.45) is 7.05 Å². The fourth-order valence-electron chi connectivity index (χ4n) is 1.15. The van der Waals surface area contributed by atoms with Crippen LogP contribution in [-0.4, -0.2) is 27.0 Å². The first-order valence-corrected chi connectivity index (χ1v) is 4.31. The van der Waals surface area contributed by atoms with Crippen molar-refractivity contribution in [1.29, 1.82) is 0 Å². The van der Waals surface area contributed by atoms with Crippen LogP contribution in [0.4, 0.5) is 5.82 Å². The molecule has 0 radical (unpaired) electrons. The largest absolute Gasteiger partial charge is 0.372 e. The average Bonchev–Trinajstić information content (AvgIpc) is 2.65. The Bertz CT molecular complexity index is 417. The molecule has 0 bridgehead atoms. The molecule has 0 atom stereocenters. The van der Waals surface area contributed by atoms with E-state index in [2.05, 4.69) is 20.6 Å². The van der Waals surface area contributed by atoms with E-state index in [1.165, 1.54) is 0 Å². The van der Waals surface area contributed by atoms with Crippen LogP contribution in [0.1, 0.15) is 0 Å². The Morgan fingerprint density at radius 3 is 2.50 bits per heavy atom. The number of aryl methyl sites for hydroxylation is 1. The first-order valence-electron chi connectivity index (χ1n) is 4.31. The van der Waals surface area contributed by atoms with Gasteiger partial charge in [0.25, 0.3) is 0 Å². The summed E-state index contributed by atoms with van der Waals surface area (Å²) in [5.74, 6) is 0.754. The lowest BCUT2D eigenvalue weighted by Crippen LogP contribution is -1.96. The molecule has 14 heavy (non-hydrogen) atoms. The molecule has 5 heteroatoms. The van der Waals surface area contributed by atoms with Gasteiger partial charge in [0, 0.05) is 20.3 Å². The standard InChI is InChI=1S/C9H11N5/c1-10-9-4-3-7(11-12-9)8-5-6-14(2)13-8/h3-6H,1-2H3,(H,10,12). The van der Waals surface area contributed by atoms with Crippen LogP contribution in [0.5, 0.6) is 0 Å². The van der Waals surface area contributed by atoms with Crippen molar-refractivity contribution in [3.05, 3.63) is 24.4 Å². The summed E-state index contributed by atoms with van der Waals surface area (Å²) in [5, 5.41) is 15.2. The fraction of sp³-hybridized carbons (Fsp3) is 0.222. The van der Waals surface area contributed by atoms with Crippen molar-refractivity contribution in [2.75, 3.05) is 12.4 Å². The summed E-state index contributed by atoms with van der Waals surface area (Å²) < 4.78 is 1.74. The molecule has 0 amide bonds. The van der Waals surface area contributed by atoms with Crippen LogP contribution >= 0.6 is 0 Å². The maximum Gasteiger partial charge on any atom is 0.148 e. The number of hydrogen-bond acceptors (Lipinski definition) is 4. The fourth-order valence-corrected chi connectivity index (χ4v) is 1.15. The molecule has 0 aliphatic carbocycles. The van der Waals surface area contributed by atoms with Crippen molar-refractivity contribution in [2.45, 2.75) is 0 Å². The van der Waals surface area contributed by atoms with Gasteiger partial charge in [0.05, 0.1) is 0 Å². The summed E-state index contributed by atoms with van der Waals surface area (Å²) in [4.78, 5) is 0. The topological polar surface area (TPSA) is 55.6 Å². The van der Waals surface area contributed by atoms with Gasteiger partial charge in [-0.15, -0.1) is 10.2 Å². The van der Waals surface area contributed by atoms with Crippen LogP contribution in [0.3, 0.4) is 0 Å². The van der Waals surface area contributed by atoms with E-state index in [0.29, 0.717) is 0 Å². The molecule has 2 heterocycles. The number of nitrogens with one attached hydrogen (secondary N) is 1. The molecule has 0 aliphatic heterocycles. The highest BCUT2D eigenvalue weighted by Crippen LogP contribution is 2.13. The molecule has 0 saturated heterocycles. The number of hydrogen-bond donors (Lipinski definition) is 1. The smallest absolute Gasteiger partial charge is 0.148 e. The zero-order valence-corrected chi connectivity index (χ0v) is 8.10. The molecule has 2 aromatic rings. The van der Waals surface area contributed by atoms with E-state index in [4.69, 9.17) is 0 Å². The summed E-state index contributed by atoms with van der Waals surface area (Å²) in [5.41, 5.74) is 1.62. The molecular formula is C9H11N5. The second-order valence-corrected chi connectivity index (χ2v) is 2.93. The summed E-state index contributed by atoms with van der Waals surface area (Å²) in [6.07, 6.45) is 1.88. The van der Waals surface area contributed by atoms with Gasteiger partial charge >= 0.3 is 0 Å². The van der Waals surface area contributed by atoms with Crippen LogP contribution in [0.15, 0.2) is 24.4 Å². The highest BCUT2D eigenvalue weighted by atomic mass is 15.3. The second kappa shape index (κ2) is 3.45. The van der Waals surface area contributed by atoms with Crippen molar-refractivity contribution < 1.29 is 0 Å². The molecule has 2 aromatic heterocycles. The van der Waals surface area contributed by atoms with Gasteiger partial charge in [0.15, 0.2) is 0 Å². The normalized spacial score (nSPS) is 10.1. The highest BCUT2D eigenvalue weighted by molar-refractivity contribution is 5.54. The van der Waals surface area contributed by atoms with Crippen molar-refractivity contribution in [3.63, 3.8) is 0 Å². The van der Waals surface area contributed by atoms with Crippen LogP contribution in [0.25, 0.3) is 11.4 Å². The molecule has 0 aliphatic rings. The van der Waals surface area contributed by atoms with Crippen molar-refractivity contribution in [1.82, 2.24) is 20.0 Å². The molecule has 2 rings (SSSR count). The van der Waals surface area contributed by atoms with Gasteiger partial charge in [-0.2, -0.15) is 5.10 Å². The van der Waals surface area contributed by atoms with Gasteiger partial charge in [-0.25, -0.2) is 0 Å². The Balaban J connectivity index is 2.33. The third-order valence-corrected chi connectivity index (χ3v) is 1.90. The van der Waals surface area contributed by atoms with Gasteiger partial charge < -0.3 is 5.32 Å². The summed E-state index contributed by atoms with van der Waals surface area (Å²) in [6.45, 7) is 0. The maximum absolute atomic E-state index is 4.23. The predicted octanol–water partition coefficient (Wildman–Crippen LogP) is 0.919. The maximum atomic E-state index is 4.23. The second-order valence-electron chi connectivity index (χ2n) is 2.93. The monoisotopic (exact) mass is 189 g/mol. The number of anilines is 1. The number of nitrogens with zero attached hydrogens (tertiary/aromatic N) is 4.